The summed E-state index contributed by atoms with van der Waals surface area (Å²) in [7, 11) is 0. The molecule has 0 heteroatoms. The van der Waals surface area contributed by atoms with Crippen LogP contribution in [-0.2, 0) is 0 Å². The predicted molar refractivity (Wildman–Crippen MR) is 275 cm³/mol. The molecule has 61 heavy (non-hydrogen) atoms. The third-order valence-corrected chi connectivity index (χ3v) is 11.8. The van der Waals surface area contributed by atoms with Gasteiger partial charge in [-0.2, -0.15) is 0 Å². The van der Waals surface area contributed by atoms with Gasteiger partial charge >= 0.3 is 0 Å². The maximum atomic E-state index is 4.36. The Labute approximate surface area is 363 Å². The van der Waals surface area contributed by atoms with E-state index in [-0.39, 0.29) is 0 Å². The highest BCUT2D eigenvalue weighted by molar-refractivity contribution is 6.25. The van der Waals surface area contributed by atoms with E-state index in [0.717, 1.165) is 27.8 Å². The maximum Gasteiger partial charge on any atom is -0.000730 e. The van der Waals surface area contributed by atoms with Crippen LogP contribution in [0.15, 0.2) is 159 Å². The van der Waals surface area contributed by atoms with Crippen LogP contribution in [0.5, 0.6) is 0 Å². The van der Waals surface area contributed by atoms with Gasteiger partial charge in [-0.05, 0) is 142 Å². The minimum atomic E-state index is 1.07. The van der Waals surface area contributed by atoms with Gasteiger partial charge in [-0.1, -0.05) is 223 Å². The molecule has 0 spiro atoms. The van der Waals surface area contributed by atoms with Gasteiger partial charge in [-0.25, -0.2) is 0 Å². The first-order valence-electron chi connectivity index (χ1n) is 21.8. The lowest BCUT2D eigenvalue weighted by molar-refractivity contribution is 1.45. The van der Waals surface area contributed by atoms with Crippen LogP contribution in [0.2, 0.25) is 0 Å². The van der Waals surface area contributed by atoms with E-state index in [1.54, 1.807) is 0 Å². The zero-order chi connectivity index (χ0) is 43.2. The first-order chi connectivity index (χ1) is 30.1. The molecule has 0 fully saturated rings. The molecule has 0 N–H and O–H groups in total. The van der Waals surface area contributed by atoms with E-state index in [0.29, 0.717) is 0 Å². The van der Waals surface area contributed by atoms with Crippen molar-refractivity contribution < 1.29 is 0 Å². The standard InChI is InChI=1S/C57H44.2C2H6/c1-7-21-37-25-19-29-49(40(37)10-4)55-42(12-6)41(11-5)54(48-28-18-24-36(8-2)39(48)9-3)56-51-31-20-30-50-47(34-35-52(53(50)51)57(55)56)46-33-32-43(38-22-14-13-15-23-38)44-26-16-17-27-45(44)46;2*1-2/h7-35H,2-4H2,1,5-6H3;2*1-2H3/b21-7-,41-11+,42-12+;;. The number of benzene rings is 8. The van der Waals surface area contributed by atoms with Gasteiger partial charge in [0.05, 0.1) is 0 Å². The van der Waals surface area contributed by atoms with E-state index in [1.165, 1.54) is 93.2 Å². The van der Waals surface area contributed by atoms with Gasteiger partial charge in [0.2, 0.25) is 0 Å². The first-order valence-corrected chi connectivity index (χ1v) is 21.8. The lowest BCUT2D eigenvalue weighted by Crippen LogP contribution is -2.30. The molecule has 0 aromatic heterocycles. The Balaban J connectivity index is 0.00000136. The van der Waals surface area contributed by atoms with E-state index in [1.807, 2.05) is 45.9 Å². The largest absolute Gasteiger partial charge is 0.0984 e. The molecule has 0 saturated heterocycles. The lowest BCUT2D eigenvalue weighted by atomic mass is 9.81. The predicted octanol–water partition coefficient (Wildman–Crippen LogP) is 16.9. The molecule has 300 valence electrons. The molecule has 0 aliphatic heterocycles. The summed E-state index contributed by atoms with van der Waals surface area (Å²) < 4.78 is 0. The van der Waals surface area contributed by atoms with Crippen molar-refractivity contribution in [1.29, 1.82) is 0 Å². The van der Waals surface area contributed by atoms with Crippen molar-refractivity contribution in [2.24, 2.45) is 0 Å². The zero-order valence-corrected chi connectivity index (χ0v) is 36.9. The van der Waals surface area contributed by atoms with Crippen LogP contribution >= 0.6 is 0 Å². The van der Waals surface area contributed by atoms with Crippen LogP contribution in [-0.4, -0.2) is 0 Å². The van der Waals surface area contributed by atoms with Crippen LogP contribution in [0, 0.1) is 0 Å². The Morgan fingerprint density at radius 1 is 0.361 bits per heavy atom. The summed E-state index contributed by atoms with van der Waals surface area (Å²) in [5.41, 5.74) is 19.1. The van der Waals surface area contributed by atoms with E-state index in [9.17, 15) is 0 Å². The fraction of sp³-hybridized carbons (Fsp3) is 0.115. The van der Waals surface area contributed by atoms with Crippen LogP contribution in [0.25, 0.3) is 125 Å². The van der Waals surface area contributed by atoms with Crippen molar-refractivity contribution in [1.82, 2.24) is 0 Å². The molecule has 8 aromatic carbocycles. The summed E-state index contributed by atoms with van der Waals surface area (Å²) in [6.45, 7) is 27.3. The first kappa shape index (κ1) is 42.1. The number of hydrogen-bond donors (Lipinski definition) is 0. The summed E-state index contributed by atoms with van der Waals surface area (Å²) >= 11 is 0. The van der Waals surface area contributed by atoms with Crippen molar-refractivity contribution in [2.75, 3.05) is 0 Å². The molecule has 9 rings (SSSR count). The monoisotopic (exact) mass is 788 g/mol. The molecule has 0 saturated carbocycles. The third-order valence-electron chi connectivity index (χ3n) is 11.8. The van der Waals surface area contributed by atoms with Gasteiger partial charge < -0.3 is 0 Å². The molecule has 0 unspecified atom stereocenters. The van der Waals surface area contributed by atoms with Gasteiger partial charge in [0, 0.05) is 0 Å². The van der Waals surface area contributed by atoms with Crippen molar-refractivity contribution in [3.63, 3.8) is 0 Å². The Hall–Kier alpha value is -7.02. The SMILES string of the molecule is C=Cc1cccc(-c2c3c(c(-c4cccc(/C=C\C)c4C=C)c(=C/C)/c2=C\C)-c2ccc(-c4ccc(-c5ccccc5)c5ccccc45)c4cccc-3c24)c1C=C.CC.CC. The molecule has 0 bridgehead atoms. The van der Waals surface area contributed by atoms with Crippen molar-refractivity contribution in [3.8, 4) is 66.8 Å². The molecular weight excluding hydrogens is 733 g/mol. The number of hydrogen-bond acceptors (Lipinski definition) is 0. The highest BCUT2D eigenvalue weighted by atomic mass is 14.3. The van der Waals surface area contributed by atoms with Crippen LogP contribution < -0.4 is 10.4 Å². The Bertz CT molecular complexity index is 3130. The van der Waals surface area contributed by atoms with Gasteiger partial charge in [0.25, 0.3) is 0 Å². The smallest absolute Gasteiger partial charge is 0.000730 e. The molecular formula is C61H56. The van der Waals surface area contributed by atoms with Gasteiger partial charge in [-0.15, -0.1) is 0 Å². The second-order valence-electron chi connectivity index (χ2n) is 14.6. The molecule has 0 radical (unpaired) electrons. The summed E-state index contributed by atoms with van der Waals surface area (Å²) in [6.07, 6.45) is 14.8. The minimum absolute atomic E-state index is 1.07. The number of allylic oxidation sites excluding steroid dienone is 1. The van der Waals surface area contributed by atoms with E-state index >= 15 is 0 Å². The fourth-order valence-electron chi connectivity index (χ4n) is 9.51. The summed E-state index contributed by atoms with van der Waals surface area (Å²) in [5.74, 6) is 0. The second-order valence-corrected chi connectivity index (χ2v) is 14.6. The van der Waals surface area contributed by atoms with Gasteiger partial charge in [0.15, 0.2) is 0 Å². The number of rotatable bonds is 8. The quantitative estimate of drug-likeness (QED) is 0.144. The number of fused-ring (bicyclic) bond motifs is 4. The normalized spacial score (nSPS) is 11.9. The minimum Gasteiger partial charge on any atom is -0.0984 e. The lowest BCUT2D eigenvalue weighted by Gasteiger charge is -2.22. The van der Waals surface area contributed by atoms with Gasteiger partial charge in [0.1, 0.15) is 0 Å². The Morgan fingerprint density at radius 2 is 0.803 bits per heavy atom. The van der Waals surface area contributed by atoms with Crippen molar-refractivity contribution >= 4 is 58.0 Å². The van der Waals surface area contributed by atoms with Crippen LogP contribution in [0.3, 0.4) is 0 Å². The fourth-order valence-corrected chi connectivity index (χ4v) is 9.51. The van der Waals surface area contributed by atoms with Crippen LogP contribution in [0.1, 0.15) is 70.7 Å². The zero-order valence-electron chi connectivity index (χ0n) is 36.9. The summed E-state index contributed by atoms with van der Waals surface area (Å²) in [5, 5.41) is 7.43. The van der Waals surface area contributed by atoms with Crippen molar-refractivity contribution in [2.45, 2.75) is 48.5 Å². The molecule has 0 atom stereocenters. The average Bonchev–Trinajstić information content (AvgIpc) is 3.66. The maximum absolute atomic E-state index is 4.36. The summed E-state index contributed by atoms with van der Waals surface area (Å²) in [4.78, 5) is 0. The topological polar surface area (TPSA) is 0 Å². The third kappa shape index (κ3) is 6.93. The van der Waals surface area contributed by atoms with E-state index < -0.39 is 0 Å². The van der Waals surface area contributed by atoms with E-state index in [4.69, 9.17) is 0 Å². The molecule has 0 amide bonds. The average molecular weight is 789 g/mol. The van der Waals surface area contributed by atoms with Crippen LogP contribution in [0.4, 0.5) is 0 Å². The Morgan fingerprint density at radius 3 is 1.36 bits per heavy atom. The molecule has 8 aromatic rings. The van der Waals surface area contributed by atoms with Gasteiger partial charge in [-0.3, -0.25) is 0 Å². The molecule has 1 aliphatic carbocycles. The molecule has 1 aliphatic rings. The highest BCUT2D eigenvalue weighted by Gasteiger charge is 2.32. The van der Waals surface area contributed by atoms with Crippen molar-refractivity contribution in [3.05, 3.63) is 192 Å². The summed E-state index contributed by atoms with van der Waals surface area (Å²) in [6, 6.07) is 49.0. The molecule has 0 nitrogen and oxygen atoms in total. The highest BCUT2D eigenvalue weighted by Crippen LogP contribution is 2.55. The molecule has 0 heterocycles. The van der Waals surface area contributed by atoms with E-state index in [2.05, 4.69) is 198 Å². The second kappa shape index (κ2) is 18.5. The Kier molecular flexibility index (Phi) is 12.8.